The van der Waals surface area contributed by atoms with E-state index in [1.807, 2.05) is 0 Å². The second kappa shape index (κ2) is 2.17. The molecule has 0 spiro atoms. The first-order valence-electron chi connectivity index (χ1n) is 3.01. The third-order valence-corrected chi connectivity index (χ3v) is 1.41. The van der Waals surface area contributed by atoms with E-state index in [4.69, 9.17) is 16.0 Å². The summed E-state index contributed by atoms with van der Waals surface area (Å²) in [6.07, 6.45) is 1.55. The Morgan fingerprint density at radius 2 is 2.27 bits per heavy atom. The number of fused-ring (bicyclic) bond motifs is 1. The Balaban J connectivity index is 2.82. The fraction of sp³-hybridized carbons (Fsp3) is 0.167. The van der Waals surface area contributed by atoms with Gasteiger partial charge in [-0.2, -0.15) is 4.98 Å². The molecular formula is C6H4ClN3O. The van der Waals surface area contributed by atoms with Crippen LogP contribution in [-0.4, -0.2) is 15.0 Å². The molecule has 0 radical (unpaired) electrons. The number of aryl methyl sites for hydroxylation is 1. The maximum absolute atomic E-state index is 5.49. The Morgan fingerprint density at radius 3 is 3.09 bits per heavy atom. The zero-order valence-corrected chi connectivity index (χ0v) is 6.46. The lowest BCUT2D eigenvalue weighted by Gasteiger charge is -1.85. The minimum absolute atomic E-state index is 0.0971. The number of oxazole rings is 1. The van der Waals surface area contributed by atoms with Crippen molar-refractivity contribution in [3.8, 4) is 0 Å². The number of aromatic nitrogens is 3. The van der Waals surface area contributed by atoms with Gasteiger partial charge in [0.15, 0.2) is 5.58 Å². The van der Waals surface area contributed by atoms with E-state index >= 15 is 0 Å². The average Bonchev–Trinajstić information content (AvgIpc) is 2.27. The largest absolute Gasteiger partial charge is 0.424 e. The van der Waals surface area contributed by atoms with Crippen molar-refractivity contribution in [1.82, 2.24) is 15.0 Å². The molecule has 4 nitrogen and oxygen atoms in total. The van der Waals surface area contributed by atoms with Gasteiger partial charge in [0.1, 0.15) is 5.82 Å². The summed E-state index contributed by atoms with van der Waals surface area (Å²) in [5.41, 5.74) is 1.02. The van der Waals surface area contributed by atoms with E-state index in [2.05, 4.69) is 15.0 Å². The summed E-state index contributed by atoms with van der Waals surface area (Å²) in [5, 5.41) is 0.0971. The summed E-state index contributed by atoms with van der Waals surface area (Å²) < 4.78 is 4.95. The molecule has 0 atom stereocenters. The molecule has 0 saturated heterocycles. The van der Waals surface area contributed by atoms with Gasteiger partial charge in [0, 0.05) is 0 Å². The molecule has 0 aliphatic rings. The molecular weight excluding hydrogens is 166 g/mol. The molecule has 0 unspecified atom stereocenters. The Labute approximate surface area is 67.2 Å². The molecule has 0 aliphatic carbocycles. The Morgan fingerprint density at radius 1 is 1.45 bits per heavy atom. The van der Waals surface area contributed by atoms with Gasteiger partial charge in [0.05, 0.1) is 6.20 Å². The molecule has 0 bridgehead atoms. The molecule has 56 valence electrons. The van der Waals surface area contributed by atoms with Gasteiger partial charge >= 0.3 is 0 Å². The monoisotopic (exact) mass is 169 g/mol. The summed E-state index contributed by atoms with van der Waals surface area (Å²) in [6.45, 7) is 1.78. The van der Waals surface area contributed by atoms with E-state index < -0.39 is 0 Å². The molecule has 2 heterocycles. The molecule has 11 heavy (non-hydrogen) atoms. The highest BCUT2D eigenvalue weighted by molar-refractivity contribution is 6.28. The lowest BCUT2D eigenvalue weighted by Crippen LogP contribution is -1.85. The molecule has 2 rings (SSSR count). The van der Waals surface area contributed by atoms with E-state index in [9.17, 15) is 0 Å². The van der Waals surface area contributed by atoms with Crippen molar-refractivity contribution in [2.24, 2.45) is 0 Å². The van der Waals surface area contributed by atoms with Crippen molar-refractivity contribution in [1.29, 1.82) is 0 Å². The predicted octanol–water partition coefficient (Wildman–Crippen LogP) is 1.58. The topological polar surface area (TPSA) is 51.8 Å². The van der Waals surface area contributed by atoms with E-state index in [1.54, 1.807) is 13.1 Å². The smallest absolute Gasteiger partial charge is 0.294 e. The fourth-order valence-corrected chi connectivity index (χ4v) is 0.959. The SMILES string of the molecule is Cc1ncc2oc(Cl)nc2n1. The number of rotatable bonds is 0. The summed E-state index contributed by atoms with van der Waals surface area (Å²) in [4.78, 5) is 11.7. The maximum Gasteiger partial charge on any atom is 0.294 e. The van der Waals surface area contributed by atoms with E-state index in [-0.39, 0.29) is 5.35 Å². The van der Waals surface area contributed by atoms with E-state index in [0.29, 0.717) is 17.1 Å². The highest BCUT2D eigenvalue weighted by Crippen LogP contribution is 2.15. The Hall–Kier alpha value is -1.16. The van der Waals surface area contributed by atoms with Crippen molar-refractivity contribution in [3.63, 3.8) is 0 Å². The van der Waals surface area contributed by atoms with Gasteiger partial charge in [-0.3, -0.25) is 0 Å². The standard InChI is InChI=1S/C6H4ClN3O/c1-3-8-2-4-5(9-3)10-6(7)11-4/h2H,1H3. The van der Waals surface area contributed by atoms with Crippen LogP contribution in [0.4, 0.5) is 0 Å². The van der Waals surface area contributed by atoms with Gasteiger partial charge in [0.2, 0.25) is 5.65 Å². The van der Waals surface area contributed by atoms with Crippen LogP contribution in [0.3, 0.4) is 0 Å². The van der Waals surface area contributed by atoms with E-state index in [1.165, 1.54) is 0 Å². The third-order valence-electron chi connectivity index (χ3n) is 1.24. The van der Waals surface area contributed by atoms with Gasteiger partial charge in [-0.1, -0.05) is 0 Å². The first-order chi connectivity index (χ1) is 5.25. The van der Waals surface area contributed by atoms with Gasteiger partial charge in [-0.05, 0) is 18.5 Å². The van der Waals surface area contributed by atoms with Crippen molar-refractivity contribution in [2.45, 2.75) is 6.92 Å². The van der Waals surface area contributed by atoms with Crippen LogP contribution in [0.25, 0.3) is 11.2 Å². The van der Waals surface area contributed by atoms with Gasteiger partial charge in [-0.15, -0.1) is 0 Å². The molecule has 0 amide bonds. The predicted molar refractivity (Wildman–Crippen MR) is 39.3 cm³/mol. The van der Waals surface area contributed by atoms with Crippen LogP contribution < -0.4 is 0 Å². The van der Waals surface area contributed by atoms with Crippen molar-refractivity contribution >= 4 is 22.8 Å². The van der Waals surface area contributed by atoms with Crippen LogP contribution in [0.15, 0.2) is 10.6 Å². The van der Waals surface area contributed by atoms with Crippen LogP contribution in [0.1, 0.15) is 5.82 Å². The fourth-order valence-electron chi connectivity index (χ4n) is 0.796. The first-order valence-corrected chi connectivity index (χ1v) is 3.39. The second-order valence-corrected chi connectivity index (χ2v) is 2.40. The van der Waals surface area contributed by atoms with Crippen LogP contribution in [-0.2, 0) is 0 Å². The molecule has 5 heteroatoms. The van der Waals surface area contributed by atoms with Gasteiger partial charge in [-0.25, -0.2) is 9.97 Å². The van der Waals surface area contributed by atoms with Crippen LogP contribution in [0.2, 0.25) is 5.35 Å². The zero-order valence-electron chi connectivity index (χ0n) is 5.71. The molecule has 0 aromatic carbocycles. The minimum Gasteiger partial charge on any atom is -0.424 e. The highest BCUT2D eigenvalue weighted by atomic mass is 35.5. The summed E-state index contributed by atoms with van der Waals surface area (Å²) >= 11 is 5.49. The summed E-state index contributed by atoms with van der Waals surface area (Å²) in [5.74, 6) is 0.655. The number of nitrogens with zero attached hydrogens (tertiary/aromatic N) is 3. The highest BCUT2D eigenvalue weighted by Gasteiger charge is 2.03. The maximum atomic E-state index is 5.49. The second-order valence-electron chi connectivity index (χ2n) is 2.07. The molecule has 0 aliphatic heterocycles. The van der Waals surface area contributed by atoms with E-state index in [0.717, 1.165) is 0 Å². The van der Waals surface area contributed by atoms with Crippen LogP contribution >= 0.6 is 11.6 Å². The van der Waals surface area contributed by atoms with Crippen molar-refractivity contribution in [2.75, 3.05) is 0 Å². The molecule has 2 aromatic heterocycles. The third kappa shape index (κ3) is 1.05. The van der Waals surface area contributed by atoms with Crippen LogP contribution in [0.5, 0.6) is 0 Å². The number of hydrogen-bond acceptors (Lipinski definition) is 4. The van der Waals surface area contributed by atoms with Gasteiger partial charge in [0.25, 0.3) is 5.35 Å². The lowest BCUT2D eigenvalue weighted by atomic mass is 10.5. The zero-order chi connectivity index (χ0) is 7.84. The first kappa shape index (κ1) is 6.54. The number of halogens is 1. The molecule has 0 saturated carbocycles. The lowest BCUT2D eigenvalue weighted by molar-refractivity contribution is 0.602. The van der Waals surface area contributed by atoms with Crippen LogP contribution in [0, 0.1) is 6.92 Å². The minimum atomic E-state index is 0.0971. The summed E-state index contributed by atoms with van der Waals surface area (Å²) in [6, 6.07) is 0. The quantitative estimate of drug-likeness (QED) is 0.601. The molecule has 2 aromatic rings. The van der Waals surface area contributed by atoms with Crippen molar-refractivity contribution in [3.05, 3.63) is 17.4 Å². The number of hydrogen-bond donors (Lipinski definition) is 0. The Bertz CT molecular complexity index is 398. The Kier molecular flexibility index (Phi) is 1.29. The molecule has 0 N–H and O–H groups in total. The summed E-state index contributed by atoms with van der Waals surface area (Å²) in [7, 11) is 0. The van der Waals surface area contributed by atoms with Gasteiger partial charge < -0.3 is 4.42 Å². The average molecular weight is 170 g/mol. The normalized spacial score (nSPS) is 10.7. The van der Waals surface area contributed by atoms with Crippen molar-refractivity contribution < 1.29 is 4.42 Å². The molecule has 0 fully saturated rings.